The summed E-state index contributed by atoms with van der Waals surface area (Å²) in [7, 11) is 0. The van der Waals surface area contributed by atoms with Crippen molar-refractivity contribution in [2.45, 2.75) is 47.5 Å². The van der Waals surface area contributed by atoms with Crippen molar-refractivity contribution in [2.24, 2.45) is 5.41 Å². The number of hydrogen-bond acceptors (Lipinski definition) is 0. The minimum absolute atomic E-state index is 0.406. The summed E-state index contributed by atoms with van der Waals surface area (Å²) in [5.74, 6) is 0. The van der Waals surface area contributed by atoms with Crippen LogP contribution in [-0.4, -0.2) is 0 Å². The Morgan fingerprint density at radius 3 is 2.11 bits per heavy atom. The molecule has 0 aromatic rings. The molecule has 0 nitrogen and oxygen atoms in total. The molecule has 0 bridgehead atoms. The molecule has 0 amide bonds. The number of hydrogen-bond donors (Lipinski definition) is 0. The fourth-order valence-electron chi connectivity index (χ4n) is 2.37. The van der Waals surface area contributed by atoms with Gasteiger partial charge in [0.15, 0.2) is 0 Å². The number of rotatable bonds is 2. The molecule has 0 atom stereocenters. The zero-order valence-electron chi connectivity index (χ0n) is 12.3. The van der Waals surface area contributed by atoms with Gasteiger partial charge < -0.3 is 0 Å². The first-order valence-electron chi connectivity index (χ1n) is 6.86. The van der Waals surface area contributed by atoms with Gasteiger partial charge in [0.25, 0.3) is 0 Å². The van der Waals surface area contributed by atoms with Gasteiger partial charge in [-0.2, -0.15) is 0 Å². The largest absolute Gasteiger partial charge is 0.0602 e. The van der Waals surface area contributed by atoms with E-state index in [9.17, 15) is 0 Å². The molecule has 2 aliphatic rings. The Labute approximate surface area is 111 Å². The van der Waals surface area contributed by atoms with Crippen molar-refractivity contribution in [1.82, 2.24) is 0 Å². The van der Waals surface area contributed by atoms with Crippen molar-refractivity contribution in [3.05, 3.63) is 47.0 Å². The van der Waals surface area contributed by atoms with E-state index in [4.69, 9.17) is 0 Å². The van der Waals surface area contributed by atoms with Crippen LogP contribution in [0.4, 0.5) is 0 Å². The number of fused-ring (bicyclic) bond motifs is 1. The van der Waals surface area contributed by atoms with E-state index >= 15 is 0 Å². The van der Waals surface area contributed by atoms with E-state index in [0.29, 0.717) is 5.41 Å². The maximum atomic E-state index is 2.38. The van der Waals surface area contributed by atoms with E-state index in [-0.39, 0.29) is 0 Å². The highest BCUT2D eigenvalue weighted by molar-refractivity contribution is 5.73. The van der Waals surface area contributed by atoms with Crippen LogP contribution in [0.5, 0.6) is 0 Å². The fraction of sp³-hybridized carbons (Fsp3) is 0.444. The third-order valence-corrected chi connectivity index (χ3v) is 3.68. The molecule has 0 radical (unpaired) electrons. The molecular weight excluding hydrogens is 216 g/mol. The van der Waals surface area contributed by atoms with Crippen LogP contribution in [0.25, 0.3) is 11.1 Å². The van der Waals surface area contributed by atoms with E-state index in [1.165, 1.54) is 34.2 Å². The van der Waals surface area contributed by atoms with Crippen LogP contribution in [0.1, 0.15) is 43.9 Å². The molecule has 0 fully saturated rings. The first kappa shape index (κ1) is 13.1. The van der Waals surface area contributed by atoms with Gasteiger partial charge in [-0.1, -0.05) is 51.1 Å². The van der Waals surface area contributed by atoms with Gasteiger partial charge in [0.2, 0.25) is 0 Å². The van der Waals surface area contributed by atoms with E-state index in [0.717, 1.165) is 6.42 Å². The van der Waals surface area contributed by atoms with Crippen molar-refractivity contribution in [3.63, 3.8) is 0 Å². The zero-order valence-corrected chi connectivity index (χ0v) is 12.3. The molecule has 0 N–H and O–H groups in total. The quantitative estimate of drug-likeness (QED) is 0.660. The molecule has 18 heavy (non-hydrogen) atoms. The normalized spacial score (nSPS) is 12.1. The van der Waals surface area contributed by atoms with Gasteiger partial charge in [0.05, 0.1) is 0 Å². The molecular formula is C18H24. The van der Waals surface area contributed by atoms with E-state index in [1.807, 2.05) is 0 Å². The molecule has 0 aromatic heterocycles. The monoisotopic (exact) mass is 240 g/mol. The summed E-state index contributed by atoms with van der Waals surface area (Å²) < 4.78 is 0. The highest BCUT2D eigenvalue weighted by Crippen LogP contribution is 2.31. The van der Waals surface area contributed by atoms with Crippen LogP contribution in [0.3, 0.4) is 0 Å². The highest BCUT2D eigenvalue weighted by atomic mass is 14.2. The summed E-state index contributed by atoms with van der Waals surface area (Å²) in [6.07, 6.45) is 2.40. The van der Waals surface area contributed by atoms with Gasteiger partial charge in [-0.3, -0.25) is 0 Å². The topological polar surface area (TPSA) is 0 Å². The van der Waals surface area contributed by atoms with Gasteiger partial charge in [-0.25, -0.2) is 0 Å². The second kappa shape index (κ2) is 4.76. The fourth-order valence-corrected chi connectivity index (χ4v) is 2.37. The van der Waals surface area contributed by atoms with Crippen molar-refractivity contribution in [2.75, 3.05) is 0 Å². The lowest BCUT2D eigenvalue weighted by Gasteiger charge is -2.17. The lowest BCUT2D eigenvalue weighted by molar-refractivity contribution is 0.378. The average molecular weight is 240 g/mol. The molecule has 0 unspecified atom stereocenters. The highest BCUT2D eigenvalue weighted by Gasteiger charge is 2.12. The molecule has 2 aliphatic carbocycles. The maximum Gasteiger partial charge on any atom is -0.0149 e. The summed E-state index contributed by atoms with van der Waals surface area (Å²) in [6.45, 7) is 11.3. The Balaban J connectivity index is 2.35. The number of aryl methyl sites for hydroxylation is 3. The molecule has 0 heteroatoms. The summed E-state index contributed by atoms with van der Waals surface area (Å²) in [5, 5.41) is 0. The maximum absolute atomic E-state index is 2.38. The average Bonchev–Trinajstić information content (AvgIpc) is 2.53. The van der Waals surface area contributed by atoms with E-state index < -0.39 is 0 Å². The van der Waals surface area contributed by atoms with Gasteiger partial charge in [-0.15, -0.1) is 0 Å². The lowest BCUT2D eigenvalue weighted by atomic mass is 9.89. The van der Waals surface area contributed by atoms with Gasteiger partial charge >= 0.3 is 0 Å². The van der Waals surface area contributed by atoms with Crippen LogP contribution in [-0.2, 0) is 6.42 Å². The molecule has 0 heterocycles. The second-order valence-corrected chi connectivity index (χ2v) is 6.64. The predicted octanol–water partition coefficient (Wildman–Crippen LogP) is 5.39. The summed E-state index contributed by atoms with van der Waals surface area (Å²) in [4.78, 5) is 0. The zero-order chi connectivity index (χ0) is 13.3. The minimum Gasteiger partial charge on any atom is -0.0602 e. The second-order valence-electron chi connectivity index (χ2n) is 6.64. The van der Waals surface area contributed by atoms with Gasteiger partial charge in [0.1, 0.15) is 0 Å². The van der Waals surface area contributed by atoms with Crippen LogP contribution in [0, 0.1) is 19.3 Å². The summed E-state index contributed by atoms with van der Waals surface area (Å²) in [6, 6.07) is 11.4. The summed E-state index contributed by atoms with van der Waals surface area (Å²) >= 11 is 0. The van der Waals surface area contributed by atoms with E-state index in [2.05, 4.69) is 65.0 Å². The van der Waals surface area contributed by atoms with Crippen LogP contribution >= 0.6 is 0 Å². The van der Waals surface area contributed by atoms with Crippen molar-refractivity contribution in [1.29, 1.82) is 0 Å². The SMILES string of the molecule is Cc1ccc(CCC(C)(C)C)cc2c(C)ccc1-2. The molecule has 96 valence electrons. The van der Waals surface area contributed by atoms with Gasteiger partial charge in [-0.05, 0) is 59.9 Å². The molecule has 0 aromatic carbocycles. The van der Waals surface area contributed by atoms with Crippen LogP contribution in [0.2, 0.25) is 0 Å². The standard InChI is InChI=1S/C18H24/c1-13-6-8-15(10-11-18(3,4)5)12-17-14(2)7-9-16(13)17/h6-9,12H,10-11H2,1-5H3. The Kier molecular flexibility index (Phi) is 3.47. The molecule has 0 saturated heterocycles. The first-order valence-corrected chi connectivity index (χ1v) is 6.86. The summed E-state index contributed by atoms with van der Waals surface area (Å²) in [5.41, 5.74) is 7.44. The third kappa shape index (κ3) is 2.93. The minimum atomic E-state index is 0.406. The predicted molar refractivity (Wildman–Crippen MR) is 80.3 cm³/mol. The Morgan fingerprint density at radius 1 is 0.833 bits per heavy atom. The lowest BCUT2D eigenvalue weighted by Crippen LogP contribution is -2.06. The van der Waals surface area contributed by atoms with Crippen LogP contribution in [0.15, 0.2) is 30.3 Å². The molecule has 2 rings (SSSR count). The molecule has 0 spiro atoms. The van der Waals surface area contributed by atoms with Crippen molar-refractivity contribution < 1.29 is 0 Å². The van der Waals surface area contributed by atoms with E-state index in [1.54, 1.807) is 0 Å². The van der Waals surface area contributed by atoms with Crippen molar-refractivity contribution >= 4 is 0 Å². The Morgan fingerprint density at radius 2 is 1.44 bits per heavy atom. The molecule has 0 aliphatic heterocycles. The smallest absolute Gasteiger partial charge is 0.0149 e. The first-order chi connectivity index (χ1) is 8.37. The van der Waals surface area contributed by atoms with Gasteiger partial charge in [0, 0.05) is 0 Å². The Hall–Kier alpha value is -1.30. The third-order valence-electron chi connectivity index (χ3n) is 3.68. The van der Waals surface area contributed by atoms with Crippen molar-refractivity contribution in [3.8, 4) is 11.1 Å². The Bertz CT molecular complexity index is 514. The molecule has 0 saturated carbocycles. The van der Waals surface area contributed by atoms with Crippen LogP contribution < -0.4 is 0 Å².